The number of hydrogen-bond acceptors (Lipinski definition) is 3. The van der Waals surface area contributed by atoms with Crippen LogP contribution in [0.25, 0.3) is 0 Å². The van der Waals surface area contributed by atoms with E-state index < -0.39 is 18.3 Å². The summed E-state index contributed by atoms with van der Waals surface area (Å²) in [6.07, 6.45) is 20.1. The van der Waals surface area contributed by atoms with Crippen molar-refractivity contribution in [2.75, 3.05) is 0 Å². The summed E-state index contributed by atoms with van der Waals surface area (Å²) < 4.78 is 0. The lowest BCUT2D eigenvalue weighted by Gasteiger charge is -2.44. The minimum atomic E-state index is -0.635. The van der Waals surface area contributed by atoms with Crippen LogP contribution in [-0.4, -0.2) is 33.6 Å². The van der Waals surface area contributed by atoms with Gasteiger partial charge in [-0.1, -0.05) is 87.9 Å². The van der Waals surface area contributed by atoms with E-state index in [2.05, 4.69) is 75.9 Å². The average Bonchev–Trinajstić information content (AvgIpc) is 3.67. The van der Waals surface area contributed by atoms with Gasteiger partial charge in [0, 0.05) is 11.8 Å². The molecule has 1 aromatic rings. The molecule has 3 heteroatoms. The van der Waals surface area contributed by atoms with Crippen molar-refractivity contribution < 1.29 is 15.3 Å². The van der Waals surface area contributed by atoms with Crippen LogP contribution in [0.2, 0.25) is 0 Å². The third-order valence-electron chi connectivity index (χ3n) is 11.2. The van der Waals surface area contributed by atoms with Crippen LogP contribution >= 0.6 is 0 Å². The number of aryl methyl sites for hydroxylation is 1. The number of hydrogen-bond donors (Lipinski definition) is 3. The molecule has 4 saturated carbocycles. The summed E-state index contributed by atoms with van der Waals surface area (Å²) in [4.78, 5) is 0. The number of fused-ring (bicyclic) bond motifs is 1. The fourth-order valence-corrected chi connectivity index (χ4v) is 8.48. The molecular formula is C37H52O3. The zero-order valence-electron chi connectivity index (χ0n) is 25.1. The Morgan fingerprint density at radius 2 is 1.80 bits per heavy atom. The molecule has 0 unspecified atom stereocenters. The maximum atomic E-state index is 11.3. The molecule has 218 valence electrons. The lowest BCUT2D eigenvalue weighted by atomic mass is 9.61. The first-order valence-corrected chi connectivity index (χ1v) is 16.1. The second-order valence-corrected chi connectivity index (χ2v) is 13.8. The fourth-order valence-electron chi connectivity index (χ4n) is 8.48. The van der Waals surface area contributed by atoms with Gasteiger partial charge in [0.1, 0.15) is 0 Å². The summed E-state index contributed by atoms with van der Waals surface area (Å²) in [6.45, 7) is 11.2. The highest BCUT2D eigenvalue weighted by Gasteiger charge is 2.51. The Balaban J connectivity index is 1.25. The zero-order chi connectivity index (χ0) is 28.5. The van der Waals surface area contributed by atoms with E-state index in [1.54, 1.807) is 0 Å². The second-order valence-electron chi connectivity index (χ2n) is 13.8. The van der Waals surface area contributed by atoms with E-state index in [1.165, 1.54) is 55.2 Å². The first-order chi connectivity index (χ1) is 19.2. The Labute approximate surface area is 242 Å². The highest BCUT2D eigenvalue weighted by molar-refractivity contribution is 5.39. The predicted molar refractivity (Wildman–Crippen MR) is 165 cm³/mol. The fraction of sp³-hybridized carbons (Fsp3) is 0.622. The standard InChI is InChI=1S/C37H52O3/c1-5-6-8-27-11-15-30(16-12-27)37(21-22-37)35(40)19-10-25(2)32-17-18-33-28(9-7-20-36(32,33)4)13-14-29-23-31(38)24-34(39)26(29)3/h10-16,19,25,31-35,38-40H,3,5-9,17-18,20-24H2,1-2,4H3/b19-10+,28-13+,29-14-/t25-,31-,32-,33+,34+,35+,36-/m1/s1. The van der Waals surface area contributed by atoms with Crippen molar-refractivity contribution in [3.8, 4) is 0 Å². The first kappa shape index (κ1) is 29.5. The monoisotopic (exact) mass is 544 g/mol. The van der Waals surface area contributed by atoms with Crippen molar-refractivity contribution in [1.82, 2.24) is 0 Å². The lowest BCUT2D eigenvalue weighted by molar-refractivity contribution is 0.0862. The van der Waals surface area contributed by atoms with Crippen molar-refractivity contribution in [1.29, 1.82) is 0 Å². The lowest BCUT2D eigenvalue weighted by Crippen LogP contribution is -2.35. The molecule has 0 aromatic heterocycles. The SMILES string of the molecule is C=C1/C(=C\C=C2/CCC[C@]3(C)[C@@H]([C@H](C)/C=C/[C@H](O)C4(c5ccc(CCCC)cc5)CC4)CC[C@@H]23)C[C@@H](O)C[C@@H]1O. The van der Waals surface area contributed by atoms with Crippen molar-refractivity contribution in [3.05, 3.63) is 83.0 Å². The molecular weight excluding hydrogens is 492 g/mol. The molecule has 5 rings (SSSR count). The molecule has 0 aliphatic heterocycles. The molecule has 4 aliphatic carbocycles. The van der Waals surface area contributed by atoms with Gasteiger partial charge in [-0.15, -0.1) is 0 Å². The summed E-state index contributed by atoms with van der Waals surface area (Å²) in [5.74, 6) is 1.62. The quantitative estimate of drug-likeness (QED) is 0.279. The van der Waals surface area contributed by atoms with Crippen molar-refractivity contribution in [2.45, 2.75) is 122 Å². The molecule has 4 aliphatic rings. The number of aliphatic hydroxyl groups excluding tert-OH is 3. The summed E-state index contributed by atoms with van der Waals surface area (Å²) in [5.41, 5.74) is 6.16. The third-order valence-corrected chi connectivity index (χ3v) is 11.2. The smallest absolute Gasteiger partial charge is 0.0817 e. The van der Waals surface area contributed by atoms with E-state index in [0.29, 0.717) is 30.6 Å². The number of benzene rings is 1. The average molecular weight is 545 g/mol. The third kappa shape index (κ3) is 5.85. The molecule has 0 spiro atoms. The largest absolute Gasteiger partial charge is 0.393 e. The molecule has 0 bridgehead atoms. The Morgan fingerprint density at radius 1 is 1.05 bits per heavy atom. The van der Waals surface area contributed by atoms with E-state index in [1.807, 2.05) is 0 Å². The highest BCUT2D eigenvalue weighted by Crippen LogP contribution is 2.60. The van der Waals surface area contributed by atoms with E-state index in [0.717, 1.165) is 36.8 Å². The van der Waals surface area contributed by atoms with Gasteiger partial charge in [-0.2, -0.15) is 0 Å². The van der Waals surface area contributed by atoms with Crippen LogP contribution in [0.1, 0.15) is 103 Å². The number of rotatable bonds is 9. The Hall–Kier alpha value is -1.94. The Kier molecular flexibility index (Phi) is 8.95. The van der Waals surface area contributed by atoms with Gasteiger partial charge < -0.3 is 15.3 Å². The van der Waals surface area contributed by atoms with Crippen LogP contribution in [0.4, 0.5) is 0 Å². The van der Waals surface area contributed by atoms with Gasteiger partial charge in [0.25, 0.3) is 0 Å². The van der Waals surface area contributed by atoms with E-state index in [-0.39, 0.29) is 10.8 Å². The molecule has 0 saturated heterocycles. The summed E-state index contributed by atoms with van der Waals surface area (Å²) in [5, 5.41) is 31.7. The van der Waals surface area contributed by atoms with Crippen LogP contribution in [0.3, 0.4) is 0 Å². The molecule has 0 amide bonds. The van der Waals surface area contributed by atoms with Gasteiger partial charge in [0.15, 0.2) is 0 Å². The molecule has 0 heterocycles. The molecule has 7 atom stereocenters. The van der Waals surface area contributed by atoms with Gasteiger partial charge in [-0.05, 0) is 110 Å². The second kappa shape index (κ2) is 12.1. The van der Waals surface area contributed by atoms with Crippen LogP contribution in [0.5, 0.6) is 0 Å². The first-order valence-electron chi connectivity index (χ1n) is 16.1. The van der Waals surface area contributed by atoms with Gasteiger partial charge in [-0.25, -0.2) is 0 Å². The van der Waals surface area contributed by atoms with Gasteiger partial charge in [0.05, 0.1) is 18.3 Å². The molecule has 40 heavy (non-hydrogen) atoms. The molecule has 3 N–H and O–H groups in total. The van der Waals surface area contributed by atoms with Crippen molar-refractivity contribution in [3.63, 3.8) is 0 Å². The summed E-state index contributed by atoms with van der Waals surface area (Å²) in [7, 11) is 0. The van der Waals surface area contributed by atoms with Crippen LogP contribution < -0.4 is 0 Å². The minimum absolute atomic E-state index is 0.0971. The predicted octanol–water partition coefficient (Wildman–Crippen LogP) is 7.76. The summed E-state index contributed by atoms with van der Waals surface area (Å²) >= 11 is 0. The van der Waals surface area contributed by atoms with E-state index in [9.17, 15) is 15.3 Å². The van der Waals surface area contributed by atoms with E-state index in [4.69, 9.17) is 0 Å². The molecule has 0 radical (unpaired) electrons. The maximum Gasteiger partial charge on any atom is 0.0817 e. The van der Waals surface area contributed by atoms with Crippen LogP contribution in [-0.2, 0) is 11.8 Å². The minimum Gasteiger partial charge on any atom is -0.393 e. The van der Waals surface area contributed by atoms with Gasteiger partial charge >= 0.3 is 0 Å². The van der Waals surface area contributed by atoms with Gasteiger partial charge in [0.2, 0.25) is 0 Å². The molecule has 3 nitrogen and oxygen atoms in total. The number of aliphatic hydroxyl groups is 3. The highest BCUT2D eigenvalue weighted by atomic mass is 16.3. The number of allylic oxidation sites excluding steroid dienone is 4. The van der Waals surface area contributed by atoms with Gasteiger partial charge in [-0.3, -0.25) is 0 Å². The molecule has 4 fully saturated rings. The molecule has 1 aromatic carbocycles. The maximum absolute atomic E-state index is 11.3. The topological polar surface area (TPSA) is 60.7 Å². The number of unbranched alkanes of at least 4 members (excludes halogenated alkanes) is 1. The normalized spacial score (nSPS) is 35.3. The Bertz CT molecular complexity index is 1140. The van der Waals surface area contributed by atoms with Crippen molar-refractivity contribution >= 4 is 0 Å². The Morgan fingerprint density at radius 3 is 2.50 bits per heavy atom. The van der Waals surface area contributed by atoms with Crippen molar-refractivity contribution in [2.24, 2.45) is 23.2 Å². The van der Waals surface area contributed by atoms with Crippen LogP contribution in [0.15, 0.2) is 71.9 Å². The van der Waals surface area contributed by atoms with E-state index >= 15 is 0 Å². The summed E-state index contributed by atoms with van der Waals surface area (Å²) in [6, 6.07) is 9.05. The zero-order valence-corrected chi connectivity index (χ0v) is 25.1. The van der Waals surface area contributed by atoms with Crippen LogP contribution in [0, 0.1) is 23.2 Å².